The summed E-state index contributed by atoms with van der Waals surface area (Å²) in [7, 11) is 1.20. The Hall–Kier alpha value is -3.49. The number of esters is 1. The molecule has 2 aromatic carbocycles. The largest absolute Gasteiger partial charge is 0.465 e. The number of ether oxygens (including phenoxy) is 1. The van der Waals surface area contributed by atoms with Crippen molar-refractivity contribution in [1.29, 1.82) is 0 Å². The maximum absolute atomic E-state index is 13.8. The molecule has 0 aliphatic carbocycles. The summed E-state index contributed by atoms with van der Waals surface area (Å²) in [4.78, 5) is 33.9. The number of carbonyl (C=O) groups excluding carboxylic acids is 2. The number of hydrogen-bond acceptors (Lipinski definition) is 6. The highest BCUT2D eigenvalue weighted by atomic mass is 19.1. The van der Waals surface area contributed by atoms with Gasteiger partial charge < -0.3 is 15.4 Å². The second-order valence-electron chi connectivity index (χ2n) is 5.29. The van der Waals surface area contributed by atoms with E-state index in [2.05, 4.69) is 15.4 Å². The molecule has 0 radical (unpaired) electrons. The predicted molar refractivity (Wildman–Crippen MR) is 92.7 cm³/mol. The Labute approximate surface area is 148 Å². The van der Waals surface area contributed by atoms with Gasteiger partial charge in [-0.05, 0) is 31.2 Å². The summed E-state index contributed by atoms with van der Waals surface area (Å²) >= 11 is 0. The molecule has 0 fully saturated rings. The predicted octanol–water partition coefficient (Wildman–Crippen LogP) is 2.88. The van der Waals surface area contributed by atoms with Crippen molar-refractivity contribution < 1.29 is 23.6 Å². The SMILES string of the molecule is COC(=O)c1ccc(F)c(NCC(=O)Nc2cccc([N+](=O)[O-])c2C)c1. The van der Waals surface area contributed by atoms with Crippen molar-refractivity contribution in [3.05, 3.63) is 63.5 Å². The Morgan fingerprint density at radius 2 is 1.96 bits per heavy atom. The van der Waals surface area contributed by atoms with Gasteiger partial charge in [0.15, 0.2) is 0 Å². The fourth-order valence-electron chi connectivity index (χ4n) is 2.23. The number of rotatable bonds is 6. The molecular formula is C17H16FN3O5. The zero-order valence-electron chi connectivity index (χ0n) is 14.0. The van der Waals surface area contributed by atoms with Crippen LogP contribution in [0.25, 0.3) is 0 Å². The molecule has 0 saturated carbocycles. The Kier molecular flexibility index (Phi) is 5.84. The van der Waals surface area contributed by atoms with Gasteiger partial charge in [0.1, 0.15) is 5.82 Å². The second-order valence-corrected chi connectivity index (χ2v) is 5.29. The van der Waals surface area contributed by atoms with Gasteiger partial charge in [-0.15, -0.1) is 0 Å². The van der Waals surface area contributed by atoms with Crippen molar-refractivity contribution >= 4 is 28.9 Å². The summed E-state index contributed by atoms with van der Waals surface area (Å²) in [5, 5.41) is 16.0. The van der Waals surface area contributed by atoms with Gasteiger partial charge in [-0.1, -0.05) is 6.07 Å². The van der Waals surface area contributed by atoms with Crippen LogP contribution >= 0.6 is 0 Å². The van der Waals surface area contributed by atoms with Crippen LogP contribution in [-0.4, -0.2) is 30.5 Å². The van der Waals surface area contributed by atoms with Gasteiger partial charge in [-0.25, -0.2) is 9.18 Å². The molecule has 0 unspecified atom stereocenters. The van der Waals surface area contributed by atoms with Gasteiger partial charge in [-0.2, -0.15) is 0 Å². The van der Waals surface area contributed by atoms with Crippen molar-refractivity contribution in [2.45, 2.75) is 6.92 Å². The average Bonchev–Trinajstić information content (AvgIpc) is 2.61. The van der Waals surface area contributed by atoms with Crippen LogP contribution < -0.4 is 10.6 Å². The van der Waals surface area contributed by atoms with Gasteiger partial charge in [0.05, 0.1) is 41.1 Å². The molecule has 2 aromatic rings. The van der Waals surface area contributed by atoms with E-state index in [4.69, 9.17) is 0 Å². The summed E-state index contributed by atoms with van der Waals surface area (Å²) in [5.74, 6) is -1.81. The summed E-state index contributed by atoms with van der Waals surface area (Å²) in [6, 6.07) is 7.88. The molecule has 0 aliphatic heterocycles. The number of nitrogens with one attached hydrogen (secondary N) is 2. The van der Waals surface area contributed by atoms with Crippen LogP contribution in [0.5, 0.6) is 0 Å². The van der Waals surface area contributed by atoms with Crippen LogP contribution in [0.4, 0.5) is 21.5 Å². The molecule has 0 atom stereocenters. The maximum Gasteiger partial charge on any atom is 0.337 e. The molecule has 8 nitrogen and oxygen atoms in total. The van der Waals surface area contributed by atoms with Crippen LogP contribution in [0.15, 0.2) is 36.4 Å². The van der Waals surface area contributed by atoms with Crippen molar-refractivity contribution in [2.75, 3.05) is 24.3 Å². The molecule has 26 heavy (non-hydrogen) atoms. The number of methoxy groups -OCH3 is 1. The zero-order chi connectivity index (χ0) is 19.3. The average molecular weight is 361 g/mol. The molecule has 0 aliphatic rings. The summed E-state index contributed by atoms with van der Waals surface area (Å²) < 4.78 is 18.4. The molecular weight excluding hydrogens is 345 g/mol. The van der Waals surface area contributed by atoms with E-state index in [-0.39, 0.29) is 29.2 Å². The van der Waals surface area contributed by atoms with E-state index in [1.165, 1.54) is 44.4 Å². The third-order valence-corrected chi connectivity index (χ3v) is 3.60. The highest BCUT2D eigenvalue weighted by Gasteiger charge is 2.15. The van der Waals surface area contributed by atoms with E-state index in [1.807, 2.05) is 0 Å². The lowest BCUT2D eigenvalue weighted by atomic mass is 10.1. The fraction of sp³-hybridized carbons (Fsp3) is 0.176. The van der Waals surface area contributed by atoms with E-state index < -0.39 is 22.6 Å². The van der Waals surface area contributed by atoms with Gasteiger partial charge in [0, 0.05) is 6.07 Å². The summed E-state index contributed by atoms with van der Waals surface area (Å²) in [6.07, 6.45) is 0. The summed E-state index contributed by atoms with van der Waals surface area (Å²) in [5.41, 5.74) is 0.567. The zero-order valence-corrected chi connectivity index (χ0v) is 14.0. The van der Waals surface area contributed by atoms with E-state index >= 15 is 0 Å². The smallest absolute Gasteiger partial charge is 0.337 e. The molecule has 2 rings (SSSR count). The van der Waals surface area contributed by atoms with Crippen molar-refractivity contribution in [1.82, 2.24) is 0 Å². The van der Waals surface area contributed by atoms with Crippen LogP contribution in [0.1, 0.15) is 15.9 Å². The number of nitro groups is 1. The molecule has 136 valence electrons. The molecule has 2 N–H and O–H groups in total. The Morgan fingerprint density at radius 3 is 2.62 bits per heavy atom. The molecule has 1 amide bonds. The number of halogens is 1. The van der Waals surface area contributed by atoms with Gasteiger partial charge >= 0.3 is 5.97 Å². The summed E-state index contributed by atoms with van der Waals surface area (Å²) in [6.45, 7) is 1.21. The first kappa shape index (κ1) is 18.8. The molecule has 0 saturated heterocycles. The standard InChI is InChI=1S/C17H16FN3O5/c1-10-13(4-3-5-15(10)21(24)25)20-16(22)9-19-14-8-11(17(23)26-2)6-7-12(14)18/h3-8,19H,9H2,1-2H3,(H,20,22). The minimum absolute atomic E-state index is 0.0428. The number of nitrogens with zero attached hydrogens (tertiary/aromatic N) is 1. The highest BCUT2D eigenvalue weighted by molar-refractivity contribution is 5.95. The number of benzene rings is 2. The first-order valence-corrected chi connectivity index (χ1v) is 7.49. The molecule has 0 bridgehead atoms. The maximum atomic E-state index is 13.8. The van der Waals surface area contributed by atoms with E-state index in [9.17, 15) is 24.1 Å². The van der Waals surface area contributed by atoms with Gasteiger partial charge in [-0.3, -0.25) is 14.9 Å². The Balaban J connectivity index is 2.07. The van der Waals surface area contributed by atoms with Crippen LogP contribution in [0, 0.1) is 22.9 Å². The van der Waals surface area contributed by atoms with Crippen LogP contribution in [-0.2, 0) is 9.53 Å². The van der Waals surface area contributed by atoms with E-state index in [0.717, 1.165) is 6.07 Å². The monoisotopic (exact) mass is 361 g/mol. The van der Waals surface area contributed by atoms with Crippen molar-refractivity contribution in [3.8, 4) is 0 Å². The van der Waals surface area contributed by atoms with Gasteiger partial charge in [0.2, 0.25) is 5.91 Å². The van der Waals surface area contributed by atoms with Crippen LogP contribution in [0.2, 0.25) is 0 Å². The first-order chi connectivity index (χ1) is 12.3. The number of hydrogen-bond donors (Lipinski definition) is 2. The molecule has 9 heteroatoms. The molecule has 0 aromatic heterocycles. The number of anilines is 2. The van der Waals surface area contributed by atoms with Crippen molar-refractivity contribution in [3.63, 3.8) is 0 Å². The number of amides is 1. The normalized spacial score (nSPS) is 10.1. The third kappa shape index (κ3) is 4.32. The van der Waals surface area contributed by atoms with E-state index in [1.54, 1.807) is 0 Å². The Bertz CT molecular complexity index is 869. The topological polar surface area (TPSA) is 111 Å². The quantitative estimate of drug-likeness (QED) is 0.465. The first-order valence-electron chi connectivity index (χ1n) is 7.49. The second kappa shape index (κ2) is 8.06. The lowest BCUT2D eigenvalue weighted by Crippen LogP contribution is -2.23. The lowest BCUT2D eigenvalue weighted by molar-refractivity contribution is -0.385. The highest BCUT2D eigenvalue weighted by Crippen LogP contribution is 2.25. The fourth-order valence-corrected chi connectivity index (χ4v) is 2.23. The molecule has 0 spiro atoms. The number of carbonyl (C=O) groups is 2. The van der Waals surface area contributed by atoms with Crippen molar-refractivity contribution in [2.24, 2.45) is 0 Å². The number of nitro benzene ring substituents is 1. The van der Waals surface area contributed by atoms with E-state index in [0.29, 0.717) is 5.56 Å². The third-order valence-electron chi connectivity index (χ3n) is 3.60. The van der Waals surface area contributed by atoms with Crippen LogP contribution in [0.3, 0.4) is 0 Å². The minimum atomic E-state index is -0.642. The molecule has 0 heterocycles. The minimum Gasteiger partial charge on any atom is -0.465 e. The lowest BCUT2D eigenvalue weighted by Gasteiger charge is -2.11. The Morgan fingerprint density at radius 1 is 1.23 bits per heavy atom. The van der Waals surface area contributed by atoms with Gasteiger partial charge in [0.25, 0.3) is 5.69 Å².